The molecule has 2 aromatic carbocycles. The van der Waals surface area contributed by atoms with Crippen molar-refractivity contribution in [3.8, 4) is 0 Å². The number of benzene rings is 2. The molecule has 2 aliphatic rings. The number of fused-ring (bicyclic) bond motifs is 1. The van der Waals surface area contributed by atoms with Gasteiger partial charge in [-0.3, -0.25) is 19.2 Å². The number of halogens is 6. The molecule has 8 nitrogen and oxygen atoms in total. The average Bonchev–Trinajstić information content (AvgIpc) is 3.59. The van der Waals surface area contributed by atoms with E-state index in [0.717, 1.165) is 12.5 Å². The molecular formula is C28H26F6N6O2S. The Bertz CT molecular complexity index is 1650. The first-order valence-corrected chi connectivity index (χ1v) is 13.9. The van der Waals surface area contributed by atoms with Gasteiger partial charge in [-0.15, -0.1) is 0 Å². The van der Waals surface area contributed by atoms with Crippen molar-refractivity contribution < 1.29 is 35.9 Å². The molecule has 0 aliphatic carbocycles. The van der Waals surface area contributed by atoms with Gasteiger partial charge in [0.1, 0.15) is 0 Å². The zero-order valence-electron chi connectivity index (χ0n) is 22.9. The van der Waals surface area contributed by atoms with E-state index in [-0.39, 0.29) is 30.3 Å². The Morgan fingerprint density at radius 2 is 1.88 bits per heavy atom. The lowest BCUT2D eigenvalue weighted by molar-refractivity contribution is -0.143. The molecule has 2 aliphatic heterocycles. The van der Waals surface area contributed by atoms with Crippen LogP contribution in [0.15, 0.2) is 52.5 Å². The van der Waals surface area contributed by atoms with Crippen LogP contribution in [0.5, 0.6) is 0 Å². The second-order valence-corrected chi connectivity index (χ2v) is 11.6. The Balaban J connectivity index is 1.32. The molecular weight excluding hydrogens is 598 g/mol. The number of aromatic nitrogens is 2. The minimum absolute atomic E-state index is 0.0393. The minimum atomic E-state index is -4.99. The molecule has 228 valence electrons. The van der Waals surface area contributed by atoms with Gasteiger partial charge in [0.05, 0.1) is 40.8 Å². The van der Waals surface area contributed by atoms with Crippen molar-refractivity contribution in [1.29, 1.82) is 0 Å². The number of hydrogen-bond acceptors (Lipinski definition) is 6. The number of amidine groups is 1. The summed E-state index contributed by atoms with van der Waals surface area (Å²) in [5.41, 5.74) is 3.33. The number of carbonyl (C=O) groups is 2. The summed E-state index contributed by atoms with van der Waals surface area (Å²) in [5.74, 6) is -0.819. The number of rotatable bonds is 6. The Kier molecular flexibility index (Phi) is 8.07. The number of likely N-dealkylation sites (N-methyl/N-ethyl adjacent to an activating group) is 1. The van der Waals surface area contributed by atoms with Crippen LogP contribution in [0.1, 0.15) is 35.6 Å². The summed E-state index contributed by atoms with van der Waals surface area (Å²) in [5, 5.41) is 5.25. The Morgan fingerprint density at radius 1 is 1.14 bits per heavy atom. The Labute approximate surface area is 246 Å². The SMILES string of the molecule is C[C@@H]1CC(N(C)C2=NC(=O)/C(=C/c3ccc4c(cnn4Cc4ccc(C(F)(F)F)cc4C(F)(F)F)c3)S2)CN1CC(N)=O. The maximum Gasteiger partial charge on any atom is 0.416 e. The van der Waals surface area contributed by atoms with Crippen LogP contribution in [-0.2, 0) is 28.5 Å². The third-order valence-corrected chi connectivity index (χ3v) is 8.60. The van der Waals surface area contributed by atoms with E-state index in [1.807, 2.05) is 23.8 Å². The maximum absolute atomic E-state index is 13.6. The second-order valence-electron chi connectivity index (χ2n) is 10.5. The highest BCUT2D eigenvalue weighted by atomic mass is 32.2. The van der Waals surface area contributed by atoms with Crippen LogP contribution in [0.25, 0.3) is 17.0 Å². The highest BCUT2D eigenvalue weighted by Crippen LogP contribution is 2.38. The third-order valence-electron chi connectivity index (χ3n) is 7.53. The predicted octanol–water partition coefficient (Wildman–Crippen LogP) is 4.97. The zero-order valence-corrected chi connectivity index (χ0v) is 23.7. The topological polar surface area (TPSA) is 96.8 Å². The fourth-order valence-corrected chi connectivity index (χ4v) is 6.21. The zero-order chi connectivity index (χ0) is 31.3. The van der Waals surface area contributed by atoms with Crippen molar-refractivity contribution in [1.82, 2.24) is 19.6 Å². The lowest BCUT2D eigenvalue weighted by Crippen LogP contribution is -2.39. The van der Waals surface area contributed by atoms with Crippen molar-refractivity contribution >= 4 is 45.7 Å². The molecule has 1 saturated heterocycles. The lowest BCUT2D eigenvalue weighted by atomic mass is 10.0. The van der Waals surface area contributed by atoms with Crippen LogP contribution in [0.4, 0.5) is 26.3 Å². The number of nitrogens with two attached hydrogens (primary N) is 1. The molecule has 2 N–H and O–H groups in total. The van der Waals surface area contributed by atoms with Gasteiger partial charge in [0.15, 0.2) is 5.17 Å². The van der Waals surface area contributed by atoms with Gasteiger partial charge in [-0.2, -0.15) is 36.4 Å². The van der Waals surface area contributed by atoms with Crippen molar-refractivity contribution in [2.24, 2.45) is 10.7 Å². The fourth-order valence-electron chi connectivity index (χ4n) is 5.26. The van der Waals surface area contributed by atoms with Crippen LogP contribution in [0.3, 0.4) is 0 Å². The third kappa shape index (κ3) is 6.56. The van der Waals surface area contributed by atoms with Crippen LogP contribution < -0.4 is 5.73 Å². The molecule has 3 heterocycles. The number of likely N-dealkylation sites (tertiary alicyclic amines) is 1. The second kappa shape index (κ2) is 11.3. The molecule has 1 fully saturated rings. The Morgan fingerprint density at radius 3 is 2.56 bits per heavy atom. The summed E-state index contributed by atoms with van der Waals surface area (Å²) in [6.45, 7) is 2.37. The van der Waals surface area contributed by atoms with E-state index in [0.29, 0.717) is 39.2 Å². The molecule has 2 atom stereocenters. The molecule has 43 heavy (non-hydrogen) atoms. The van der Waals surface area contributed by atoms with Gasteiger partial charge in [0.25, 0.3) is 5.91 Å². The van der Waals surface area contributed by atoms with Crippen LogP contribution in [0, 0.1) is 0 Å². The maximum atomic E-state index is 13.6. The largest absolute Gasteiger partial charge is 0.416 e. The van der Waals surface area contributed by atoms with Gasteiger partial charge < -0.3 is 10.6 Å². The first-order valence-electron chi connectivity index (χ1n) is 13.1. The molecule has 0 radical (unpaired) electrons. The van der Waals surface area contributed by atoms with E-state index < -0.39 is 41.8 Å². The van der Waals surface area contributed by atoms with Gasteiger partial charge in [0, 0.05) is 31.1 Å². The van der Waals surface area contributed by atoms with Gasteiger partial charge in [-0.05, 0) is 66.6 Å². The fraction of sp³-hybridized carbons (Fsp3) is 0.357. The van der Waals surface area contributed by atoms with Crippen molar-refractivity contribution in [3.63, 3.8) is 0 Å². The van der Waals surface area contributed by atoms with E-state index in [1.54, 1.807) is 24.3 Å². The summed E-state index contributed by atoms with van der Waals surface area (Å²) in [6, 6.07) is 6.73. The highest BCUT2D eigenvalue weighted by Gasteiger charge is 2.38. The van der Waals surface area contributed by atoms with Crippen LogP contribution in [-0.4, -0.2) is 68.8 Å². The molecule has 2 amide bonds. The van der Waals surface area contributed by atoms with Gasteiger partial charge in [0.2, 0.25) is 5.91 Å². The molecule has 15 heteroatoms. The van der Waals surface area contributed by atoms with E-state index in [9.17, 15) is 35.9 Å². The number of thioether (sulfide) groups is 1. The molecule has 1 unspecified atom stereocenters. The number of carbonyl (C=O) groups excluding carboxylic acids is 2. The van der Waals surface area contributed by atoms with Crippen LogP contribution in [0.2, 0.25) is 0 Å². The van der Waals surface area contributed by atoms with Gasteiger partial charge >= 0.3 is 12.4 Å². The quantitative estimate of drug-likeness (QED) is 0.307. The standard InChI is InChI=1S/C28H26F6N6O2S/c1-15-7-20(13-39(15)14-24(35)41)38(2)26-37-25(42)23(43-26)9-16-3-6-22-18(8-16)11-36-40(22)12-17-4-5-19(27(29,30)31)10-21(17)28(32,33)34/h3-6,8-11,15,20H,7,12-14H2,1-2H3,(H2,35,41)/b23-9-/t15-,20?/m1/s1. The predicted molar refractivity (Wildman–Crippen MR) is 150 cm³/mol. The van der Waals surface area contributed by atoms with Gasteiger partial charge in [-0.25, -0.2) is 0 Å². The Hall–Kier alpha value is -3.85. The van der Waals surface area contributed by atoms with E-state index >= 15 is 0 Å². The first-order chi connectivity index (χ1) is 20.1. The number of hydrogen-bond donors (Lipinski definition) is 1. The van der Waals surface area contributed by atoms with Crippen molar-refractivity contribution in [2.45, 2.75) is 44.3 Å². The molecule has 3 aromatic rings. The first kappa shape index (κ1) is 30.6. The number of aliphatic imine (C=N–C) groups is 1. The number of primary amides is 1. The number of amides is 2. The summed E-state index contributed by atoms with van der Waals surface area (Å²) >= 11 is 1.21. The molecule has 5 rings (SSSR count). The minimum Gasteiger partial charge on any atom is -0.369 e. The highest BCUT2D eigenvalue weighted by molar-refractivity contribution is 8.18. The number of alkyl halides is 6. The summed E-state index contributed by atoms with van der Waals surface area (Å²) in [4.78, 5) is 32.5. The van der Waals surface area contributed by atoms with E-state index in [2.05, 4.69) is 10.1 Å². The molecule has 1 aromatic heterocycles. The van der Waals surface area contributed by atoms with Crippen LogP contribution >= 0.6 is 11.8 Å². The molecule has 0 spiro atoms. The van der Waals surface area contributed by atoms with E-state index in [4.69, 9.17) is 5.73 Å². The molecule has 0 bridgehead atoms. The van der Waals surface area contributed by atoms with Crippen molar-refractivity contribution in [3.05, 3.63) is 69.8 Å². The average molecular weight is 625 g/mol. The number of nitrogens with zero attached hydrogens (tertiary/aromatic N) is 5. The summed E-state index contributed by atoms with van der Waals surface area (Å²) in [6.07, 6.45) is -6.04. The molecule has 0 saturated carbocycles. The van der Waals surface area contributed by atoms with Gasteiger partial charge in [-0.1, -0.05) is 12.1 Å². The lowest BCUT2D eigenvalue weighted by Gasteiger charge is -2.25. The normalized spacial score (nSPS) is 20.8. The summed E-state index contributed by atoms with van der Waals surface area (Å²) < 4.78 is 81.3. The smallest absolute Gasteiger partial charge is 0.369 e. The van der Waals surface area contributed by atoms with Crippen molar-refractivity contribution in [2.75, 3.05) is 20.1 Å². The monoisotopic (exact) mass is 624 g/mol. The van der Waals surface area contributed by atoms with E-state index in [1.165, 1.54) is 22.6 Å². The summed E-state index contributed by atoms with van der Waals surface area (Å²) in [7, 11) is 1.84.